The van der Waals surface area contributed by atoms with Crippen LogP contribution in [0, 0.1) is 0 Å². The van der Waals surface area contributed by atoms with E-state index in [1.165, 1.54) is 29.8 Å². The molecule has 7 heteroatoms. The van der Waals surface area contributed by atoms with Crippen molar-refractivity contribution in [3.63, 3.8) is 0 Å². The lowest BCUT2D eigenvalue weighted by Gasteiger charge is -2.34. The van der Waals surface area contributed by atoms with Crippen molar-refractivity contribution in [1.29, 1.82) is 0 Å². The molecule has 2 aromatic rings. The summed E-state index contributed by atoms with van der Waals surface area (Å²) in [5.41, 5.74) is 1.29. The lowest BCUT2D eigenvalue weighted by atomic mass is 10.0. The van der Waals surface area contributed by atoms with E-state index in [2.05, 4.69) is 14.9 Å². The van der Waals surface area contributed by atoms with Crippen molar-refractivity contribution in [2.24, 2.45) is 0 Å². The highest BCUT2D eigenvalue weighted by Gasteiger charge is 2.23. The molecule has 4 rings (SSSR count). The number of hydrogen-bond donors (Lipinski definition) is 0. The maximum Gasteiger partial charge on any atom is 0.225 e. The normalized spacial score (nSPS) is 17.4. The third kappa shape index (κ3) is 3.81. The highest BCUT2D eigenvalue weighted by atomic mass is 32.1. The van der Waals surface area contributed by atoms with Crippen molar-refractivity contribution in [2.75, 3.05) is 31.1 Å². The third-order valence-electron chi connectivity index (χ3n) is 4.91. The Morgan fingerprint density at radius 1 is 1.08 bits per heavy atom. The maximum absolute atomic E-state index is 12.5. The predicted octanol–water partition coefficient (Wildman–Crippen LogP) is 2.09. The first-order valence-corrected chi connectivity index (χ1v) is 9.88. The van der Waals surface area contributed by atoms with Crippen LogP contribution >= 0.6 is 11.3 Å². The molecular formula is C18H23N5OS. The van der Waals surface area contributed by atoms with E-state index in [0.717, 1.165) is 50.0 Å². The fourth-order valence-electron chi connectivity index (χ4n) is 3.49. The van der Waals surface area contributed by atoms with Gasteiger partial charge in [0.15, 0.2) is 0 Å². The molecule has 25 heavy (non-hydrogen) atoms. The van der Waals surface area contributed by atoms with E-state index in [1.807, 2.05) is 22.3 Å². The summed E-state index contributed by atoms with van der Waals surface area (Å²) < 4.78 is 0. The molecule has 1 saturated heterocycles. The van der Waals surface area contributed by atoms with Gasteiger partial charge in [0.05, 0.1) is 10.7 Å². The molecule has 3 heterocycles. The van der Waals surface area contributed by atoms with Gasteiger partial charge in [0, 0.05) is 56.3 Å². The van der Waals surface area contributed by atoms with Crippen LogP contribution in [0.25, 0.3) is 0 Å². The fourth-order valence-corrected chi connectivity index (χ4v) is 4.65. The summed E-state index contributed by atoms with van der Waals surface area (Å²) in [6.07, 6.45) is 9.68. The summed E-state index contributed by atoms with van der Waals surface area (Å²) in [5, 5.41) is 1.14. The number of amides is 1. The molecule has 0 N–H and O–H groups in total. The quantitative estimate of drug-likeness (QED) is 0.838. The summed E-state index contributed by atoms with van der Waals surface area (Å²) in [4.78, 5) is 31.4. The molecule has 0 saturated carbocycles. The Balaban J connectivity index is 1.27. The fraction of sp³-hybridized carbons (Fsp3) is 0.556. The van der Waals surface area contributed by atoms with Crippen molar-refractivity contribution in [3.05, 3.63) is 34.0 Å². The SMILES string of the molecule is O=C(CCc1nc2c(s1)CCCC2)N1CCN(c2ncccn2)CC1. The number of aromatic nitrogens is 3. The van der Waals surface area contributed by atoms with Crippen molar-refractivity contribution < 1.29 is 4.79 Å². The van der Waals surface area contributed by atoms with Crippen LogP contribution in [-0.4, -0.2) is 51.9 Å². The third-order valence-corrected chi connectivity index (χ3v) is 6.13. The average molecular weight is 357 g/mol. The molecule has 0 unspecified atom stereocenters. The first kappa shape index (κ1) is 16.4. The van der Waals surface area contributed by atoms with Gasteiger partial charge in [0.25, 0.3) is 0 Å². The summed E-state index contributed by atoms with van der Waals surface area (Å²) in [5.74, 6) is 0.991. The van der Waals surface area contributed by atoms with Crippen LogP contribution < -0.4 is 4.90 Å². The minimum Gasteiger partial charge on any atom is -0.339 e. The number of carbonyl (C=O) groups is 1. The van der Waals surface area contributed by atoms with Gasteiger partial charge in [0.1, 0.15) is 0 Å². The van der Waals surface area contributed by atoms with Gasteiger partial charge in [-0.3, -0.25) is 4.79 Å². The van der Waals surface area contributed by atoms with Gasteiger partial charge < -0.3 is 9.80 Å². The summed E-state index contributed by atoms with van der Waals surface area (Å²) in [6.45, 7) is 3.07. The number of nitrogens with zero attached hydrogens (tertiary/aromatic N) is 5. The number of aryl methyl sites for hydroxylation is 3. The molecule has 0 radical (unpaired) electrons. The Labute approximate surface area is 151 Å². The van der Waals surface area contributed by atoms with Crippen LogP contribution in [0.2, 0.25) is 0 Å². The smallest absolute Gasteiger partial charge is 0.225 e. The molecule has 6 nitrogen and oxygen atoms in total. The lowest BCUT2D eigenvalue weighted by molar-refractivity contribution is -0.131. The molecule has 132 valence electrons. The Kier molecular flexibility index (Phi) is 4.92. The topological polar surface area (TPSA) is 62.2 Å². The largest absolute Gasteiger partial charge is 0.339 e. The Morgan fingerprint density at radius 2 is 1.84 bits per heavy atom. The number of carbonyl (C=O) groups excluding carboxylic acids is 1. The van der Waals surface area contributed by atoms with Gasteiger partial charge in [-0.2, -0.15) is 0 Å². The number of thiazole rings is 1. The molecule has 0 bridgehead atoms. The van der Waals surface area contributed by atoms with E-state index in [1.54, 1.807) is 12.4 Å². The maximum atomic E-state index is 12.5. The van der Waals surface area contributed by atoms with Crippen molar-refractivity contribution in [3.8, 4) is 0 Å². The number of piperazine rings is 1. The monoisotopic (exact) mass is 357 g/mol. The van der Waals surface area contributed by atoms with Gasteiger partial charge in [-0.15, -0.1) is 11.3 Å². The van der Waals surface area contributed by atoms with Crippen LogP contribution in [0.3, 0.4) is 0 Å². The Bertz CT molecular complexity index is 701. The van der Waals surface area contributed by atoms with Gasteiger partial charge in [0.2, 0.25) is 11.9 Å². The van der Waals surface area contributed by atoms with Gasteiger partial charge >= 0.3 is 0 Å². The summed E-state index contributed by atoms with van der Waals surface area (Å²) in [6, 6.07) is 1.82. The van der Waals surface area contributed by atoms with Crippen LogP contribution in [0.4, 0.5) is 5.95 Å². The van der Waals surface area contributed by atoms with E-state index in [0.29, 0.717) is 6.42 Å². The van der Waals surface area contributed by atoms with Crippen LogP contribution in [0.1, 0.15) is 34.8 Å². The van der Waals surface area contributed by atoms with Crippen LogP contribution in [0.5, 0.6) is 0 Å². The zero-order valence-corrected chi connectivity index (χ0v) is 15.2. The second-order valence-corrected chi connectivity index (χ2v) is 7.77. The van der Waals surface area contributed by atoms with E-state index in [4.69, 9.17) is 4.98 Å². The standard InChI is InChI=1S/C18H23N5OS/c24-17(7-6-16-21-14-4-1-2-5-15(14)25-16)22-10-12-23(13-11-22)18-19-8-3-9-20-18/h3,8-9H,1-2,4-7,10-13H2. The molecule has 1 aliphatic carbocycles. The zero-order chi connectivity index (χ0) is 17.1. The lowest BCUT2D eigenvalue weighted by Crippen LogP contribution is -2.49. The number of anilines is 1. The van der Waals surface area contributed by atoms with Crippen molar-refractivity contribution >= 4 is 23.2 Å². The molecule has 0 atom stereocenters. The first-order chi connectivity index (χ1) is 12.3. The van der Waals surface area contributed by atoms with E-state index < -0.39 is 0 Å². The van der Waals surface area contributed by atoms with Gasteiger partial charge in [-0.25, -0.2) is 15.0 Å². The zero-order valence-electron chi connectivity index (χ0n) is 14.4. The highest BCUT2D eigenvalue weighted by Crippen LogP contribution is 2.27. The van der Waals surface area contributed by atoms with Crippen molar-refractivity contribution in [1.82, 2.24) is 19.9 Å². The van der Waals surface area contributed by atoms with E-state index in [9.17, 15) is 4.79 Å². The molecule has 1 aliphatic heterocycles. The highest BCUT2D eigenvalue weighted by molar-refractivity contribution is 7.11. The van der Waals surface area contributed by atoms with E-state index in [-0.39, 0.29) is 5.91 Å². The molecular weight excluding hydrogens is 334 g/mol. The minimum absolute atomic E-state index is 0.238. The molecule has 0 spiro atoms. The Hall–Kier alpha value is -2.02. The number of hydrogen-bond acceptors (Lipinski definition) is 6. The second-order valence-electron chi connectivity index (χ2n) is 6.60. The van der Waals surface area contributed by atoms with Crippen LogP contribution in [-0.2, 0) is 24.1 Å². The molecule has 2 aromatic heterocycles. The molecule has 1 amide bonds. The van der Waals surface area contributed by atoms with Crippen LogP contribution in [0.15, 0.2) is 18.5 Å². The summed E-state index contributed by atoms with van der Waals surface area (Å²) in [7, 11) is 0. The second kappa shape index (κ2) is 7.47. The molecule has 2 aliphatic rings. The number of fused-ring (bicyclic) bond motifs is 1. The summed E-state index contributed by atoms with van der Waals surface area (Å²) >= 11 is 1.82. The Morgan fingerprint density at radius 3 is 2.60 bits per heavy atom. The average Bonchev–Trinajstić information content (AvgIpc) is 3.10. The minimum atomic E-state index is 0.238. The molecule has 0 aromatic carbocycles. The predicted molar refractivity (Wildman–Crippen MR) is 97.9 cm³/mol. The molecule has 1 fully saturated rings. The van der Waals surface area contributed by atoms with E-state index >= 15 is 0 Å². The van der Waals surface area contributed by atoms with Gasteiger partial charge in [-0.05, 0) is 31.7 Å². The van der Waals surface area contributed by atoms with Gasteiger partial charge in [-0.1, -0.05) is 0 Å². The van der Waals surface area contributed by atoms with Crippen molar-refractivity contribution in [2.45, 2.75) is 38.5 Å². The first-order valence-electron chi connectivity index (χ1n) is 9.07. The number of rotatable bonds is 4.